The molecule has 0 fully saturated rings. The largest absolute Gasteiger partial charge is 0.496 e. The number of thiazole rings is 1. The van der Waals surface area contributed by atoms with Gasteiger partial charge in [-0.25, -0.2) is 4.98 Å². The third kappa shape index (κ3) is 4.62. The molecular formula is C21H32N2OS. The van der Waals surface area contributed by atoms with Crippen LogP contribution in [-0.4, -0.2) is 25.7 Å². The zero-order valence-corrected chi connectivity index (χ0v) is 17.7. The quantitative estimate of drug-likeness (QED) is 0.798. The first-order chi connectivity index (χ1) is 11.6. The van der Waals surface area contributed by atoms with Gasteiger partial charge in [0, 0.05) is 29.5 Å². The molecule has 0 radical (unpaired) electrons. The van der Waals surface area contributed by atoms with Crippen LogP contribution in [0.25, 0.3) is 11.3 Å². The number of likely N-dealkylation sites (N-methyl/N-ethyl adjacent to an activating group) is 1. The van der Waals surface area contributed by atoms with Crippen LogP contribution in [0.3, 0.4) is 0 Å². The molecule has 2 rings (SSSR count). The van der Waals surface area contributed by atoms with Gasteiger partial charge in [-0.1, -0.05) is 47.6 Å². The molecule has 2 aromatic rings. The Morgan fingerprint density at radius 2 is 1.76 bits per heavy atom. The highest BCUT2D eigenvalue weighted by molar-refractivity contribution is 7.09. The van der Waals surface area contributed by atoms with Gasteiger partial charge in [-0.15, -0.1) is 11.3 Å². The molecule has 0 spiro atoms. The molecule has 0 bridgehead atoms. The van der Waals surface area contributed by atoms with Crippen LogP contribution < -0.4 is 10.1 Å². The summed E-state index contributed by atoms with van der Waals surface area (Å²) in [6.45, 7) is 14.4. The van der Waals surface area contributed by atoms with Crippen molar-refractivity contribution < 1.29 is 4.74 Å². The molecule has 0 aliphatic carbocycles. The van der Waals surface area contributed by atoms with Gasteiger partial charge in [0.15, 0.2) is 0 Å². The monoisotopic (exact) mass is 360 g/mol. The van der Waals surface area contributed by atoms with E-state index in [1.165, 1.54) is 11.1 Å². The molecule has 0 aliphatic rings. The van der Waals surface area contributed by atoms with Crippen LogP contribution in [0.15, 0.2) is 17.5 Å². The third-order valence-corrected chi connectivity index (χ3v) is 5.29. The summed E-state index contributed by atoms with van der Waals surface area (Å²) < 4.78 is 5.87. The molecule has 0 atom stereocenters. The maximum Gasteiger partial charge on any atom is 0.132 e. The Kier molecular flexibility index (Phi) is 5.95. The summed E-state index contributed by atoms with van der Waals surface area (Å²) >= 11 is 1.72. The smallest absolute Gasteiger partial charge is 0.132 e. The number of nitrogens with one attached hydrogen (secondary N) is 1. The van der Waals surface area contributed by atoms with E-state index in [9.17, 15) is 0 Å². The van der Waals surface area contributed by atoms with Gasteiger partial charge in [-0.2, -0.15) is 0 Å². The lowest BCUT2D eigenvalue weighted by molar-refractivity contribution is 0.398. The Labute approximate surface area is 156 Å². The molecule has 1 heterocycles. The van der Waals surface area contributed by atoms with Gasteiger partial charge in [0.05, 0.1) is 17.8 Å². The minimum atomic E-state index is 0.00629. The number of ether oxygens (including phenoxy) is 1. The van der Waals surface area contributed by atoms with Crippen LogP contribution >= 0.6 is 11.3 Å². The van der Waals surface area contributed by atoms with Crippen molar-refractivity contribution in [3.63, 3.8) is 0 Å². The highest BCUT2D eigenvalue weighted by Gasteiger charge is 2.26. The first kappa shape index (κ1) is 19.9. The molecule has 0 saturated heterocycles. The molecule has 1 N–H and O–H groups in total. The lowest BCUT2D eigenvalue weighted by atomic mass is 9.78. The molecular weight excluding hydrogens is 328 g/mol. The van der Waals surface area contributed by atoms with Crippen molar-refractivity contribution in [3.8, 4) is 17.0 Å². The number of nitrogens with zero attached hydrogens (tertiary/aromatic N) is 1. The lowest BCUT2D eigenvalue weighted by Crippen LogP contribution is -2.18. The van der Waals surface area contributed by atoms with E-state index in [0.717, 1.165) is 35.0 Å². The number of hydrogen-bond donors (Lipinski definition) is 1. The van der Waals surface area contributed by atoms with Crippen molar-refractivity contribution in [3.05, 3.63) is 33.6 Å². The van der Waals surface area contributed by atoms with Crippen LogP contribution in [0.4, 0.5) is 0 Å². The van der Waals surface area contributed by atoms with Gasteiger partial charge >= 0.3 is 0 Å². The minimum absolute atomic E-state index is 0.00629. The minimum Gasteiger partial charge on any atom is -0.496 e. The summed E-state index contributed by atoms with van der Waals surface area (Å²) in [7, 11) is 3.74. The zero-order valence-electron chi connectivity index (χ0n) is 16.9. The average molecular weight is 361 g/mol. The van der Waals surface area contributed by atoms with Crippen molar-refractivity contribution in [1.29, 1.82) is 0 Å². The van der Waals surface area contributed by atoms with Gasteiger partial charge in [-0.3, -0.25) is 0 Å². The Hall–Kier alpha value is -1.39. The van der Waals surface area contributed by atoms with Gasteiger partial charge in [0.2, 0.25) is 0 Å². The highest BCUT2D eigenvalue weighted by Crippen LogP contribution is 2.42. The van der Waals surface area contributed by atoms with Crippen LogP contribution in [0.2, 0.25) is 0 Å². The molecule has 1 aromatic heterocycles. The van der Waals surface area contributed by atoms with Gasteiger partial charge in [-0.05, 0) is 29.5 Å². The first-order valence-electron chi connectivity index (χ1n) is 8.90. The summed E-state index contributed by atoms with van der Waals surface area (Å²) in [6, 6.07) is 4.56. The molecule has 4 heteroatoms. The van der Waals surface area contributed by atoms with E-state index in [0.29, 0.717) is 0 Å². The number of rotatable bonds is 5. The van der Waals surface area contributed by atoms with Gasteiger partial charge in [0.25, 0.3) is 0 Å². The number of aromatic nitrogens is 1. The van der Waals surface area contributed by atoms with Crippen LogP contribution in [0, 0.1) is 0 Å². The van der Waals surface area contributed by atoms with E-state index in [-0.39, 0.29) is 10.8 Å². The summed E-state index contributed by atoms with van der Waals surface area (Å²) in [6.07, 6.45) is 0.953. The average Bonchev–Trinajstić information content (AvgIpc) is 2.98. The van der Waals surface area contributed by atoms with Gasteiger partial charge in [0.1, 0.15) is 5.75 Å². The van der Waals surface area contributed by atoms with E-state index < -0.39 is 0 Å². The second-order valence-electron chi connectivity index (χ2n) is 8.58. The fraction of sp³-hybridized carbons (Fsp3) is 0.571. The second-order valence-corrected chi connectivity index (χ2v) is 9.53. The lowest BCUT2D eigenvalue weighted by Gasteiger charge is -2.28. The van der Waals surface area contributed by atoms with Crippen molar-refractivity contribution in [1.82, 2.24) is 10.3 Å². The Bertz CT molecular complexity index is 720. The maximum atomic E-state index is 5.87. The van der Waals surface area contributed by atoms with Crippen LogP contribution in [0.1, 0.15) is 57.7 Å². The molecule has 0 saturated carbocycles. The Morgan fingerprint density at radius 1 is 1.08 bits per heavy atom. The molecule has 3 nitrogen and oxygen atoms in total. The second kappa shape index (κ2) is 7.46. The predicted octanol–water partition coefficient (Wildman–Crippen LogP) is 5.18. The molecule has 0 unspecified atom stereocenters. The number of hydrogen-bond acceptors (Lipinski definition) is 4. The molecule has 138 valence electrons. The highest BCUT2D eigenvalue weighted by atomic mass is 32.1. The standard InChI is InChI=1S/C21H32N2OS/c1-20(2,3)14-11-15(17-13-25-18(23-17)9-10-22-7)19(24-8)16(12-14)21(4,5)6/h11-13,22H,9-10H2,1-8H3. The Balaban J connectivity index is 2.64. The summed E-state index contributed by atoms with van der Waals surface area (Å²) in [5, 5.41) is 6.50. The van der Waals surface area contributed by atoms with E-state index in [1.54, 1.807) is 18.4 Å². The van der Waals surface area contributed by atoms with E-state index in [4.69, 9.17) is 9.72 Å². The number of methoxy groups -OCH3 is 1. The fourth-order valence-electron chi connectivity index (χ4n) is 2.81. The van der Waals surface area contributed by atoms with E-state index in [1.807, 2.05) is 7.05 Å². The van der Waals surface area contributed by atoms with Crippen LogP contribution in [0.5, 0.6) is 5.75 Å². The fourth-order valence-corrected chi connectivity index (χ4v) is 3.61. The van der Waals surface area contributed by atoms with Crippen molar-refractivity contribution in [2.75, 3.05) is 20.7 Å². The zero-order chi connectivity index (χ0) is 18.8. The summed E-state index contributed by atoms with van der Waals surface area (Å²) in [5.74, 6) is 0.950. The topological polar surface area (TPSA) is 34.2 Å². The molecule has 25 heavy (non-hydrogen) atoms. The third-order valence-electron chi connectivity index (χ3n) is 4.38. The van der Waals surface area contributed by atoms with Crippen molar-refractivity contribution >= 4 is 11.3 Å². The molecule has 0 aliphatic heterocycles. The molecule has 0 amide bonds. The van der Waals surface area contributed by atoms with E-state index in [2.05, 4.69) is 64.4 Å². The molecule has 1 aromatic carbocycles. The SMILES string of the molecule is CNCCc1nc(-c2cc(C(C)(C)C)cc(C(C)(C)C)c2OC)cs1. The first-order valence-corrected chi connectivity index (χ1v) is 9.78. The summed E-state index contributed by atoms with van der Waals surface area (Å²) in [4.78, 5) is 4.87. The van der Waals surface area contributed by atoms with Crippen molar-refractivity contribution in [2.24, 2.45) is 0 Å². The predicted molar refractivity (Wildman–Crippen MR) is 109 cm³/mol. The van der Waals surface area contributed by atoms with Crippen LogP contribution in [-0.2, 0) is 17.3 Å². The Morgan fingerprint density at radius 3 is 2.28 bits per heavy atom. The maximum absolute atomic E-state index is 5.87. The van der Waals surface area contributed by atoms with E-state index >= 15 is 0 Å². The normalized spacial score (nSPS) is 12.5. The number of benzene rings is 1. The summed E-state index contributed by atoms with van der Waals surface area (Å²) in [5.41, 5.74) is 4.76. The van der Waals surface area contributed by atoms with Crippen molar-refractivity contribution in [2.45, 2.75) is 58.8 Å². The van der Waals surface area contributed by atoms with Gasteiger partial charge < -0.3 is 10.1 Å².